The van der Waals surface area contributed by atoms with E-state index in [4.69, 9.17) is 5.73 Å². The van der Waals surface area contributed by atoms with E-state index in [0.717, 1.165) is 0 Å². The Morgan fingerprint density at radius 1 is 1.62 bits per heavy atom. The number of rotatable bonds is 3. The highest BCUT2D eigenvalue weighted by molar-refractivity contribution is 5.17. The van der Waals surface area contributed by atoms with Gasteiger partial charge < -0.3 is 10.8 Å². The number of aliphatic hydroxyl groups is 1. The number of nitrogens with one attached hydrogen (secondary N) is 1. The van der Waals surface area contributed by atoms with E-state index in [9.17, 15) is 5.11 Å². The standard InChI is InChI=1S/C8H16N4O/c1-4-6(9)8(3,13)7-5(2)10-12-11-7/h6,13H,4,9H2,1-3H3,(H,10,11,12). The molecule has 0 amide bonds. The molecule has 5 nitrogen and oxygen atoms in total. The second-order valence-corrected chi connectivity index (χ2v) is 3.42. The summed E-state index contributed by atoms with van der Waals surface area (Å²) in [7, 11) is 0. The van der Waals surface area contributed by atoms with Gasteiger partial charge in [0, 0.05) is 6.04 Å². The van der Waals surface area contributed by atoms with Crippen molar-refractivity contribution in [2.24, 2.45) is 5.73 Å². The first-order valence-corrected chi connectivity index (χ1v) is 4.36. The lowest BCUT2D eigenvalue weighted by Crippen LogP contribution is -2.43. The van der Waals surface area contributed by atoms with Gasteiger partial charge in [-0.1, -0.05) is 6.92 Å². The number of H-pyrrole nitrogens is 1. The smallest absolute Gasteiger partial charge is 0.122 e. The minimum absolute atomic E-state index is 0.323. The van der Waals surface area contributed by atoms with Gasteiger partial charge in [0.2, 0.25) is 0 Å². The fourth-order valence-electron chi connectivity index (χ4n) is 1.34. The summed E-state index contributed by atoms with van der Waals surface area (Å²) < 4.78 is 0. The van der Waals surface area contributed by atoms with Gasteiger partial charge in [-0.2, -0.15) is 15.4 Å². The Morgan fingerprint density at radius 2 is 2.23 bits per heavy atom. The maximum atomic E-state index is 10.1. The SMILES string of the molecule is CCC(N)C(C)(O)c1n[nH]nc1C. The monoisotopic (exact) mass is 184 g/mol. The first-order chi connectivity index (χ1) is 6.00. The first-order valence-electron chi connectivity index (χ1n) is 4.36. The zero-order valence-corrected chi connectivity index (χ0v) is 8.20. The number of hydrogen-bond acceptors (Lipinski definition) is 4. The Hall–Kier alpha value is -0.940. The predicted molar refractivity (Wildman–Crippen MR) is 49.0 cm³/mol. The van der Waals surface area contributed by atoms with Crippen molar-refractivity contribution < 1.29 is 5.11 Å². The molecule has 0 radical (unpaired) electrons. The fraction of sp³-hybridized carbons (Fsp3) is 0.750. The van der Waals surface area contributed by atoms with Crippen molar-refractivity contribution in [3.8, 4) is 0 Å². The highest BCUT2D eigenvalue weighted by Gasteiger charge is 2.34. The molecule has 0 fully saturated rings. The molecule has 0 aliphatic carbocycles. The van der Waals surface area contributed by atoms with Gasteiger partial charge in [-0.15, -0.1) is 0 Å². The summed E-state index contributed by atoms with van der Waals surface area (Å²) in [5.74, 6) is 0. The quantitative estimate of drug-likeness (QED) is 0.619. The average molecular weight is 184 g/mol. The molecule has 1 rings (SSSR count). The summed E-state index contributed by atoms with van der Waals surface area (Å²) in [6.45, 7) is 5.37. The number of aryl methyl sites for hydroxylation is 1. The van der Waals surface area contributed by atoms with Crippen molar-refractivity contribution in [1.29, 1.82) is 0 Å². The number of aromatic amines is 1. The van der Waals surface area contributed by atoms with Gasteiger partial charge in [0.15, 0.2) is 0 Å². The van der Waals surface area contributed by atoms with Crippen molar-refractivity contribution in [2.75, 3.05) is 0 Å². The van der Waals surface area contributed by atoms with Crippen LogP contribution in [0.3, 0.4) is 0 Å². The van der Waals surface area contributed by atoms with Crippen LogP contribution in [-0.2, 0) is 5.60 Å². The van der Waals surface area contributed by atoms with Gasteiger partial charge in [0.05, 0.1) is 5.69 Å². The molecule has 0 bridgehead atoms. The Kier molecular flexibility index (Phi) is 2.68. The van der Waals surface area contributed by atoms with Crippen LogP contribution in [-0.4, -0.2) is 26.6 Å². The molecule has 0 aromatic carbocycles. The lowest BCUT2D eigenvalue weighted by atomic mass is 9.90. The average Bonchev–Trinajstić information content (AvgIpc) is 2.50. The van der Waals surface area contributed by atoms with Crippen molar-refractivity contribution in [3.63, 3.8) is 0 Å². The molecule has 4 N–H and O–H groups in total. The summed E-state index contributed by atoms with van der Waals surface area (Å²) in [5.41, 5.74) is 5.89. The van der Waals surface area contributed by atoms with E-state index >= 15 is 0 Å². The lowest BCUT2D eigenvalue weighted by Gasteiger charge is -2.27. The van der Waals surface area contributed by atoms with E-state index in [1.807, 2.05) is 6.92 Å². The van der Waals surface area contributed by atoms with Crippen LogP contribution in [0.2, 0.25) is 0 Å². The number of hydrogen-bond donors (Lipinski definition) is 3. The van der Waals surface area contributed by atoms with E-state index in [1.165, 1.54) is 0 Å². The Bertz CT molecular complexity index is 281. The topological polar surface area (TPSA) is 87.8 Å². The second kappa shape index (κ2) is 3.43. The van der Waals surface area contributed by atoms with E-state index < -0.39 is 5.60 Å². The molecule has 1 heterocycles. The van der Waals surface area contributed by atoms with Crippen LogP contribution in [0, 0.1) is 6.92 Å². The Morgan fingerprint density at radius 3 is 2.62 bits per heavy atom. The van der Waals surface area contributed by atoms with Gasteiger partial charge >= 0.3 is 0 Å². The van der Waals surface area contributed by atoms with Crippen LogP contribution >= 0.6 is 0 Å². The third kappa shape index (κ3) is 1.71. The summed E-state index contributed by atoms with van der Waals surface area (Å²) in [4.78, 5) is 0. The minimum atomic E-state index is -1.11. The summed E-state index contributed by atoms with van der Waals surface area (Å²) >= 11 is 0. The van der Waals surface area contributed by atoms with Gasteiger partial charge in [-0.05, 0) is 20.3 Å². The molecule has 5 heteroatoms. The van der Waals surface area contributed by atoms with Crippen LogP contribution in [0.5, 0.6) is 0 Å². The lowest BCUT2D eigenvalue weighted by molar-refractivity contribution is 0.0227. The highest BCUT2D eigenvalue weighted by Crippen LogP contribution is 2.24. The van der Waals surface area contributed by atoms with Crippen LogP contribution in [0.4, 0.5) is 0 Å². The fourth-order valence-corrected chi connectivity index (χ4v) is 1.34. The van der Waals surface area contributed by atoms with Crippen molar-refractivity contribution in [2.45, 2.75) is 38.8 Å². The van der Waals surface area contributed by atoms with E-state index in [2.05, 4.69) is 15.4 Å². The summed E-state index contributed by atoms with van der Waals surface area (Å²) in [5, 5.41) is 20.3. The molecule has 2 atom stereocenters. The van der Waals surface area contributed by atoms with Crippen LogP contribution in [0.15, 0.2) is 0 Å². The number of nitrogens with two attached hydrogens (primary N) is 1. The zero-order chi connectivity index (χ0) is 10.1. The van der Waals surface area contributed by atoms with E-state index in [-0.39, 0.29) is 6.04 Å². The Balaban J connectivity index is 2.99. The van der Waals surface area contributed by atoms with Gasteiger partial charge in [0.1, 0.15) is 11.3 Å². The molecule has 0 saturated carbocycles. The molecule has 1 aromatic heterocycles. The molecule has 74 valence electrons. The van der Waals surface area contributed by atoms with Crippen LogP contribution in [0.25, 0.3) is 0 Å². The van der Waals surface area contributed by atoms with Crippen molar-refractivity contribution >= 4 is 0 Å². The van der Waals surface area contributed by atoms with Crippen LogP contribution < -0.4 is 5.73 Å². The van der Waals surface area contributed by atoms with Crippen molar-refractivity contribution in [3.05, 3.63) is 11.4 Å². The molecular formula is C8H16N4O. The second-order valence-electron chi connectivity index (χ2n) is 3.42. The molecule has 0 aliphatic rings. The highest BCUT2D eigenvalue weighted by atomic mass is 16.3. The largest absolute Gasteiger partial charge is 0.382 e. The molecular weight excluding hydrogens is 168 g/mol. The van der Waals surface area contributed by atoms with Gasteiger partial charge in [-0.3, -0.25) is 0 Å². The molecule has 0 aliphatic heterocycles. The number of aromatic nitrogens is 3. The molecule has 13 heavy (non-hydrogen) atoms. The van der Waals surface area contributed by atoms with E-state index in [0.29, 0.717) is 17.8 Å². The molecule has 0 saturated heterocycles. The summed E-state index contributed by atoms with van der Waals surface area (Å²) in [6.07, 6.45) is 0.694. The van der Waals surface area contributed by atoms with Gasteiger partial charge in [-0.25, -0.2) is 0 Å². The zero-order valence-electron chi connectivity index (χ0n) is 8.20. The predicted octanol–water partition coefficient (Wildman–Crippen LogP) is 0.0579. The third-order valence-electron chi connectivity index (χ3n) is 2.36. The molecule has 0 spiro atoms. The maximum absolute atomic E-state index is 10.1. The number of nitrogens with zero attached hydrogens (tertiary/aromatic N) is 2. The Labute approximate surface area is 77.3 Å². The van der Waals surface area contributed by atoms with E-state index in [1.54, 1.807) is 13.8 Å². The van der Waals surface area contributed by atoms with Crippen molar-refractivity contribution in [1.82, 2.24) is 15.4 Å². The third-order valence-corrected chi connectivity index (χ3v) is 2.36. The summed E-state index contributed by atoms with van der Waals surface area (Å²) in [6, 6.07) is -0.323. The maximum Gasteiger partial charge on any atom is 0.122 e. The van der Waals surface area contributed by atoms with Crippen LogP contribution in [0.1, 0.15) is 31.7 Å². The molecule has 1 aromatic rings. The normalized spacial score (nSPS) is 18.2. The first kappa shape index (κ1) is 10.1. The van der Waals surface area contributed by atoms with Gasteiger partial charge in [0.25, 0.3) is 0 Å². The minimum Gasteiger partial charge on any atom is -0.382 e. The molecule has 2 unspecified atom stereocenters.